The normalized spacial score (nSPS) is 19.8. The van der Waals surface area contributed by atoms with Gasteiger partial charge in [-0.1, -0.05) is 30.3 Å². The molecule has 7 nitrogen and oxygen atoms in total. The number of nitrogens with one attached hydrogen (secondary N) is 2. The summed E-state index contributed by atoms with van der Waals surface area (Å²) in [6.07, 6.45) is 0. The summed E-state index contributed by atoms with van der Waals surface area (Å²) in [5.41, 5.74) is 1.82. The standard InChI is InChI=1S/C20H20F2N4O3/c1-12(15-9-8-14(21)10-16(15)22)23-11-17(27)25-26-18(28)20(2,24-19(26)29)13-6-4-3-5-7-13/h3-10,12,23H,11H2,1-2H3,(H,24,29)(H,25,27)/p+1/t12-,20-/m0/s1. The van der Waals surface area contributed by atoms with Crippen molar-refractivity contribution >= 4 is 17.8 Å². The molecule has 2 aromatic rings. The van der Waals surface area contributed by atoms with Crippen molar-refractivity contribution in [2.75, 3.05) is 6.54 Å². The zero-order valence-electron chi connectivity index (χ0n) is 15.9. The lowest BCUT2D eigenvalue weighted by molar-refractivity contribution is -0.682. The van der Waals surface area contributed by atoms with Crippen LogP contribution in [0.15, 0.2) is 48.5 Å². The minimum Gasteiger partial charge on any atom is -0.332 e. The molecule has 4 N–H and O–H groups in total. The molecule has 1 heterocycles. The minimum atomic E-state index is -1.29. The molecule has 3 rings (SSSR count). The number of hydrogen-bond donors (Lipinski definition) is 3. The summed E-state index contributed by atoms with van der Waals surface area (Å²) in [5.74, 6) is -2.61. The molecule has 0 aliphatic carbocycles. The van der Waals surface area contributed by atoms with Crippen LogP contribution in [0.25, 0.3) is 0 Å². The molecule has 4 amide bonds. The van der Waals surface area contributed by atoms with Crippen LogP contribution in [0.2, 0.25) is 0 Å². The average molecular weight is 403 g/mol. The van der Waals surface area contributed by atoms with E-state index < -0.39 is 41.1 Å². The second-order valence-electron chi connectivity index (χ2n) is 6.99. The van der Waals surface area contributed by atoms with Gasteiger partial charge >= 0.3 is 6.03 Å². The second kappa shape index (κ2) is 7.96. The van der Waals surface area contributed by atoms with E-state index in [2.05, 4.69) is 10.7 Å². The van der Waals surface area contributed by atoms with Gasteiger partial charge in [0.2, 0.25) is 0 Å². The quantitative estimate of drug-likeness (QED) is 0.630. The Morgan fingerprint density at radius 1 is 1.21 bits per heavy atom. The van der Waals surface area contributed by atoms with E-state index in [1.54, 1.807) is 44.2 Å². The van der Waals surface area contributed by atoms with E-state index in [4.69, 9.17) is 0 Å². The monoisotopic (exact) mass is 403 g/mol. The van der Waals surface area contributed by atoms with Crippen molar-refractivity contribution in [1.82, 2.24) is 15.8 Å². The Hall–Kier alpha value is -3.33. The summed E-state index contributed by atoms with van der Waals surface area (Å²) in [4.78, 5) is 37.2. The van der Waals surface area contributed by atoms with Crippen molar-refractivity contribution in [1.29, 1.82) is 0 Å². The molecule has 0 aromatic heterocycles. The van der Waals surface area contributed by atoms with E-state index >= 15 is 0 Å². The van der Waals surface area contributed by atoms with Gasteiger partial charge in [0.15, 0.2) is 6.54 Å². The summed E-state index contributed by atoms with van der Waals surface area (Å²) in [6.45, 7) is 3.04. The van der Waals surface area contributed by atoms with Gasteiger partial charge in [0.1, 0.15) is 23.2 Å². The number of imide groups is 1. The van der Waals surface area contributed by atoms with E-state index in [0.29, 0.717) is 10.6 Å². The first-order valence-corrected chi connectivity index (χ1v) is 9.02. The number of benzene rings is 2. The Morgan fingerprint density at radius 2 is 1.90 bits per heavy atom. The number of nitrogens with two attached hydrogens (primary N) is 1. The number of rotatable bonds is 6. The first kappa shape index (κ1) is 20.4. The number of carbonyl (C=O) groups excluding carboxylic acids is 3. The fourth-order valence-electron chi connectivity index (χ4n) is 3.16. The highest BCUT2D eigenvalue weighted by molar-refractivity contribution is 6.08. The molecule has 1 aliphatic rings. The van der Waals surface area contributed by atoms with Crippen molar-refractivity contribution < 1.29 is 28.5 Å². The van der Waals surface area contributed by atoms with Crippen LogP contribution in [0, 0.1) is 11.6 Å². The summed E-state index contributed by atoms with van der Waals surface area (Å²) >= 11 is 0. The predicted octanol–water partition coefficient (Wildman–Crippen LogP) is 1.09. The lowest BCUT2D eigenvalue weighted by Gasteiger charge is -2.22. The third kappa shape index (κ3) is 4.09. The predicted molar refractivity (Wildman–Crippen MR) is 98.9 cm³/mol. The highest BCUT2D eigenvalue weighted by Crippen LogP contribution is 2.27. The van der Waals surface area contributed by atoms with Crippen LogP contribution >= 0.6 is 0 Å². The second-order valence-corrected chi connectivity index (χ2v) is 6.99. The van der Waals surface area contributed by atoms with Crippen molar-refractivity contribution in [3.63, 3.8) is 0 Å². The molecule has 9 heteroatoms. The van der Waals surface area contributed by atoms with Gasteiger partial charge in [-0.05, 0) is 31.5 Å². The Balaban J connectivity index is 1.62. The molecule has 0 radical (unpaired) electrons. The Morgan fingerprint density at radius 3 is 2.55 bits per heavy atom. The molecule has 0 unspecified atom stereocenters. The third-order valence-electron chi connectivity index (χ3n) is 4.89. The van der Waals surface area contributed by atoms with Gasteiger partial charge in [0.05, 0.1) is 0 Å². The molecular weight excluding hydrogens is 382 g/mol. The molecule has 1 aliphatic heterocycles. The molecule has 29 heavy (non-hydrogen) atoms. The fraction of sp³-hybridized carbons (Fsp3) is 0.250. The molecule has 152 valence electrons. The van der Waals surface area contributed by atoms with Gasteiger partial charge in [-0.2, -0.15) is 5.01 Å². The maximum Gasteiger partial charge on any atom is 0.344 e. The lowest BCUT2D eigenvalue weighted by atomic mass is 9.92. The largest absolute Gasteiger partial charge is 0.344 e. The summed E-state index contributed by atoms with van der Waals surface area (Å²) in [7, 11) is 0. The van der Waals surface area contributed by atoms with E-state index in [-0.39, 0.29) is 12.1 Å². The Labute approximate surface area is 166 Å². The zero-order valence-corrected chi connectivity index (χ0v) is 15.9. The number of halogens is 2. The number of amides is 4. The van der Waals surface area contributed by atoms with E-state index in [1.807, 2.05) is 0 Å². The minimum absolute atomic E-state index is 0.170. The van der Waals surface area contributed by atoms with Crippen molar-refractivity contribution in [2.45, 2.75) is 25.4 Å². The first-order valence-electron chi connectivity index (χ1n) is 9.02. The number of urea groups is 1. The van der Waals surface area contributed by atoms with Crippen molar-refractivity contribution in [3.05, 3.63) is 71.3 Å². The van der Waals surface area contributed by atoms with E-state index in [0.717, 1.165) is 12.1 Å². The van der Waals surface area contributed by atoms with Crippen LogP contribution in [0.4, 0.5) is 13.6 Å². The highest BCUT2D eigenvalue weighted by Gasteiger charge is 2.50. The number of nitrogens with zero attached hydrogens (tertiary/aromatic N) is 1. The molecule has 1 fully saturated rings. The summed E-state index contributed by atoms with van der Waals surface area (Å²) in [5, 5.41) is 4.74. The number of hydrazine groups is 1. The number of quaternary nitrogens is 1. The topological polar surface area (TPSA) is 95.1 Å². The van der Waals surface area contributed by atoms with Gasteiger partial charge in [-0.25, -0.2) is 13.6 Å². The lowest BCUT2D eigenvalue weighted by Crippen LogP contribution is -2.87. The van der Waals surface area contributed by atoms with E-state index in [1.165, 1.54) is 11.4 Å². The van der Waals surface area contributed by atoms with Crippen molar-refractivity contribution in [3.8, 4) is 0 Å². The molecule has 2 atom stereocenters. The smallest absolute Gasteiger partial charge is 0.332 e. The summed E-state index contributed by atoms with van der Waals surface area (Å²) in [6, 6.07) is 10.7. The van der Waals surface area contributed by atoms with Gasteiger partial charge in [-0.3, -0.25) is 15.0 Å². The molecule has 0 saturated carbocycles. The maximum atomic E-state index is 13.8. The summed E-state index contributed by atoms with van der Waals surface area (Å²) < 4.78 is 26.9. The van der Waals surface area contributed by atoms with Crippen LogP contribution in [0.1, 0.15) is 31.0 Å². The van der Waals surface area contributed by atoms with Crippen molar-refractivity contribution in [2.24, 2.45) is 0 Å². The Kier molecular flexibility index (Phi) is 5.60. The van der Waals surface area contributed by atoms with Gasteiger partial charge < -0.3 is 10.6 Å². The van der Waals surface area contributed by atoms with Gasteiger partial charge in [-0.15, -0.1) is 0 Å². The van der Waals surface area contributed by atoms with Crippen LogP contribution in [0.3, 0.4) is 0 Å². The van der Waals surface area contributed by atoms with Gasteiger partial charge in [0.25, 0.3) is 11.8 Å². The van der Waals surface area contributed by atoms with Crippen LogP contribution in [-0.2, 0) is 15.1 Å². The maximum absolute atomic E-state index is 13.8. The van der Waals surface area contributed by atoms with Crippen LogP contribution in [-0.4, -0.2) is 29.4 Å². The third-order valence-corrected chi connectivity index (χ3v) is 4.89. The van der Waals surface area contributed by atoms with E-state index in [9.17, 15) is 23.2 Å². The SMILES string of the molecule is C[C@H]([NH2+]CC(=O)NN1C(=O)N[C@@](C)(c2ccccc2)C1=O)c1ccc(F)cc1F. The molecule has 1 saturated heterocycles. The highest BCUT2D eigenvalue weighted by atomic mass is 19.1. The first-order chi connectivity index (χ1) is 13.7. The average Bonchev–Trinajstić information content (AvgIpc) is 2.91. The number of carbonyl (C=O) groups is 3. The molecule has 0 bridgehead atoms. The molecular formula is C20H21F2N4O3+. The number of hydrogen-bond acceptors (Lipinski definition) is 3. The zero-order chi connectivity index (χ0) is 21.2. The van der Waals surface area contributed by atoms with Gasteiger partial charge in [0, 0.05) is 11.6 Å². The van der Waals surface area contributed by atoms with Crippen LogP contribution in [0.5, 0.6) is 0 Å². The Bertz CT molecular complexity index is 954. The molecule has 2 aromatic carbocycles. The fourth-order valence-corrected chi connectivity index (χ4v) is 3.16. The molecule has 0 spiro atoms. The van der Waals surface area contributed by atoms with Crippen LogP contribution < -0.4 is 16.1 Å².